The second-order valence-corrected chi connectivity index (χ2v) is 4.59. The highest BCUT2D eigenvalue weighted by Gasteiger charge is 2.09. The van der Waals surface area contributed by atoms with Gasteiger partial charge < -0.3 is 9.84 Å². The summed E-state index contributed by atoms with van der Waals surface area (Å²) < 4.78 is 5.67. The topological polar surface area (TPSA) is 72.3 Å². The van der Waals surface area contributed by atoms with Crippen molar-refractivity contribution in [3.63, 3.8) is 0 Å². The molecule has 3 rings (SSSR count). The third kappa shape index (κ3) is 2.67. The van der Waals surface area contributed by atoms with Crippen LogP contribution in [0.1, 0.15) is 16.1 Å². The van der Waals surface area contributed by atoms with Crippen molar-refractivity contribution < 1.29 is 14.6 Å². The van der Waals surface area contributed by atoms with E-state index in [1.807, 2.05) is 13.0 Å². The molecule has 21 heavy (non-hydrogen) atoms. The first-order valence-corrected chi connectivity index (χ1v) is 6.36. The Morgan fingerprint density at radius 3 is 2.76 bits per heavy atom. The number of carboxylic acid groups (broad SMARTS) is 1. The van der Waals surface area contributed by atoms with E-state index in [0.717, 1.165) is 11.1 Å². The molecule has 0 bridgehead atoms. The van der Waals surface area contributed by atoms with Crippen LogP contribution in [0.3, 0.4) is 0 Å². The van der Waals surface area contributed by atoms with Gasteiger partial charge in [0.2, 0.25) is 5.88 Å². The van der Waals surface area contributed by atoms with E-state index >= 15 is 0 Å². The lowest BCUT2D eigenvalue weighted by Gasteiger charge is -2.07. The average molecular weight is 280 g/mol. The molecule has 0 saturated carbocycles. The Morgan fingerprint density at radius 2 is 2.00 bits per heavy atom. The highest BCUT2D eigenvalue weighted by molar-refractivity contribution is 6.03. The number of nitrogens with zero attached hydrogens (tertiary/aromatic N) is 2. The maximum Gasteiger partial charge on any atom is 0.336 e. The normalized spacial score (nSPS) is 10.5. The fourth-order valence-electron chi connectivity index (χ4n) is 2.12. The summed E-state index contributed by atoms with van der Waals surface area (Å²) in [6.45, 7) is 1.86. The number of aromatic carboxylic acids is 1. The van der Waals surface area contributed by atoms with Crippen LogP contribution in [-0.2, 0) is 0 Å². The van der Waals surface area contributed by atoms with Crippen LogP contribution in [0.4, 0.5) is 0 Å². The average Bonchev–Trinajstić information content (AvgIpc) is 2.46. The van der Waals surface area contributed by atoms with E-state index in [4.69, 9.17) is 9.84 Å². The SMILES string of the molecule is Cc1cc(Oc2ccc3c(C(=O)O)cccc3c2)ncn1. The lowest BCUT2D eigenvalue weighted by Crippen LogP contribution is -1.97. The van der Waals surface area contributed by atoms with Crippen molar-refractivity contribution in [3.8, 4) is 11.6 Å². The number of rotatable bonds is 3. The number of aryl methyl sites for hydroxylation is 1. The van der Waals surface area contributed by atoms with Crippen molar-refractivity contribution in [2.75, 3.05) is 0 Å². The number of ether oxygens (including phenoxy) is 1. The predicted molar refractivity (Wildman–Crippen MR) is 77.8 cm³/mol. The van der Waals surface area contributed by atoms with Gasteiger partial charge in [-0.1, -0.05) is 12.1 Å². The van der Waals surface area contributed by atoms with Crippen LogP contribution < -0.4 is 4.74 Å². The summed E-state index contributed by atoms with van der Waals surface area (Å²) in [5.74, 6) is 0.111. The summed E-state index contributed by atoms with van der Waals surface area (Å²) in [7, 11) is 0. The van der Waals surface area contributed by atoms with E-state index in [2.05, 4.69) is 9.97 Å². The van der Waals surface area contributed by atoms with Crippen molar-refractivity contribution in [1.82, 2.24) is 9.97 Å². The van der Waals surface area contributed by atoms with Crippen molar-refractivity contribution in [2.24, 2.45) is 0 Å². The molecule has 1 aromatic heterocycles. The number of aromatic nitrogens is 2. The Morgan fingerprint density at radius 1 is 1.14 bits per heavy atom. The Bertz CT molecular complexity index is 831. The molecule has 0 fully saturated rings. The molecule has 1 N–H and O–H groups in total. The van der Waals surface area contributed by atoms with Gasteiger partial charge >= 0.3 is 5.97 Å². The van der Waals surface area contributed by atoms with Crippen molar-refractivity contribution in [3.05, 3.63) is 60.0 Å². The Kier molecular flexibility index (Phi) is 3.23. The largest absolute Gasteiger partial charge is 0.478 e. The highest BCUT2D eigenvalue weighted by atomic mass is 16.5. The minimum atomic E-state index is -0.944. The molecule has 0 saturated heterocycles. The number of fused-ring (bicyclic) bond motifs is 1. The molecular weight excluding hydrogens is 268 g/mol. The van der Waals surface area contributed by atoms with Crippen LogP contribution in [0.25, 0.3) is 10.8 Å². The van der Waals surface area contributed by atoms with Gasteiger partial charge in [0.05, 0.1) is 5.56 Å². The molecule has 5 nitrogen and oxygen atoms in total. The Labute approximate surface area is 120 Å². The molecule has 3 aromatic rings. The van der Waals surface area contributed by atoms with Gasteiger partial charge in [-0.05, 0) is 42.0 Å². The van der Waals surface area contributed by atoms with E-state index in [-0.39, 0.29) is 5.56 Å². The standard InChI is InChI=1S/C16H12N2O3/c1-10-7-15(18-9-17-10)21-12-5-6-13-11(8-12)3-2-4-14(13)16(19)20/h2-9H,1H3,(H,19,20). The van der Waals surface area contributed by atoms with Gasteiger partial charge in [-0.3, -0.25) is 0 Å². The van der Waals surface area contributed by atoms with Crippen LogP contribution >= 0.6 is 0 Å². The summed E-state index contributed by atoms with van der Waals surface area (Å²) in [6.07, 6.45) is 1.44. The number of hydrogen-bond acceptors (Lipinski definition) is 4. The first-order chi connectivity index (χ1) is 10.1. The van der Waals surface area contributed by atoms with Crippen LogP contribution in [0.2, 0.25) is 0 Å². The first kappa shape index (κ1) is 13.1. The fraction of sp³-hybridized carbons (Fsp3) is 0.0625. The van der Waals surface area contributed by atoms with Crippen molar-refractivity contribution >= 4 is 16.7 Å². The Balaban J connectivity index is 2.00. The summed E-state index contributed by atoms with van der Waals surface area (Å²) in [4.78, 5) is 19.2. The smallest absolute Gasteiger partial charge is 0.336 e. The molecule has 2 aromatic carbocycles. The molecule has 0 spiro atoms. The number of hydrogen-bond donors (Lipinski definition) is 1. The summed E-state index contributed by atoms with van der Waals surface area (Å²) in [5, 5.41) is 10.7. The number of carboxylic acids is 1. The molecule has 0 aliphatic rings. The highest BCUT2D eigenvalue weighted by Crippen LogP contribution is 2.26. The Hall–Kier alpha value is -2.95. The molecule has 5 heteroatoms. The summed E-state index contributed by atoms with van der Waals surface area (Å²) in [6, 6.07) is 12.1. The fourth-order valence-corrected chi connectivity index (χ4v) is 2.12. The quantitative estimate of drug-likeness (QED) is 0.795. The molecule has 0 aliphatic carbocycles. The molecule has 0 unspecified atom stereocenters. The van der Waals surface area contributed by atoms with E-state index < -0.39 is 5.97 Å². The predicted octanol–water partition coefficient (Wildman–Crippen LogP) is 3.43. The molecule has 104 valence electrons. The minimum absolute atomic E-state index is 0.275. The van der Waals surface area contributed by atoms with Gasteiger partial charge in [-0.15, -0.1) is 0 Å². The minimum Gasteiger partial charge on any atom is -0.478 e. The van der Waals surface area contributed by atoms with E-state index in [1.54, 1.807) is 36.4 Å². The van der Waals surface area contributed by atoms with Crippen molar-refractivity contribution in [2.45, 2.75) is 6.92 Å². The lowest BCUT2D eigenvalue weighted by atomic mass is 10.0. The van der Waals surface area contributed by atoms with Crippen LogP contribution in [0.15, 0.2) is 48.8 Å². The number of carbonyl (C=O) groups is 1. The van der Waals surface area contributed by atoms with Crippen molar-refractivity contribution in [1.29, 1.82) is 0 Å². The van der Waals surface area contributed by atoms with Gasteiger partial charge in [0, 0.05) is 11.8 Å². The second kappa shape index (κ2) is 5.20. The monoisotopic (exact) mass is 280 g/mol. The van der Waals surface area contributed by atoms with Gasteiger partial charge in [0.15, 0.2) is 0 Å². The van der Waals surface area contributed by atoms with Crippen LogP contribution in [-0.4, -0.2) is 21.0 Å². The van der Waals surface area contributed by atoms with E-state index in [1.165, 1.54) is 6.33 Å². The molecule has 1 heterocycles. The van der Waals surface area contributed by atoms with Crippen LogP contribution in [0.5, 0.6) is 11.6 Å². The maximum atomic E-state index is 11.2. The third-order valence-electron chi connectivity index (χ3n) is 3.08. The van der Waals surface area contributed by atoms with E-state index in [0.29, 0.717) is 17.0 Å². The van der Waals surface area contributed by atoms with Gasteiger partial charge in [-0.2, -0.15) is 0 Å². The third-order valence-corrected chi connectivity index (χ3v) is 3.08. The zero-order valence-corrected chi connectivity index (χ0v) is 11.3. The van der Waals surface area contributed by atoms with Crippen LogP contribution in [0, 0.1) is 6.92 Å². The molecule has 0 aliphatic heterocycles. The number of benzene rings is 2. The second-order valence-electron chi connectivity index (χ2n) is 4.59. The molecular formula is C16H12N2O3. The molecule has 0 amide bonds. The lowest BCUT2D eigenvalue weighted by molar-refractivity contribution is 0.0699. The molecule has 0 atom stereocenters. The maximum absolute atomic E-state index is 11.2. The first-order valence-electron chi connectivity index (χ1n) is 6.36. The van der Waals surface area contributed by atoms with Gasteiger partial charge in [0.25, 0.3) is 0 Å². The summed E-state index contributed by atoms with van der Waals surface area (Å²) >= 11 is 0. The zero-order valence-electron chi connectivity index (χ0n) is 11.3. The molecule has 0 radical (unpaired) electrons. The summed E-state index contributed by atoms with van der Waals surface area (Å²) in [5.41, 5.74) is 1.09. The van der Waals surface area contributed by atoms with Gasteiger partial charge in [0.1, 0.15) is 12.1 Å². The van der Waals surface area contributed by atoms with E-state index in [9.17, 15) is 4.79 Å². The zero-order chi connectivity index (χ0) is 14.8. The van der Waals surface area contributed by atoms with Gasteiger partial charge in [-0.25, -0.2) is 14.8 Å².